The maximum Gasteiger partial charge on any atom is 0.121 e. The fourth-order valence-corrected chi connectivity index (χ4v) is 1.32. The highest BCUT2D eigenvalue weighted by Crippen LogP contribution is 2.29. The molecule has 6 heteroatoms. The first-order valence-corrected chi connectivity index (χ1v) is 4.05. The van der Waals surface area contributed by atoms with E-state index < -0.39 is 23.8 Å². The van der Waals surface area contributed by atoms with Crippen LogP contribution in [0.5, 0.6) is 0 Å². The van der Waals surface area contributed by atoms with Crippen molar-refractivity contribution < 1.29 is 20.1 Å². The van der Waals surface area contributed by atoms with Crippen molar-refractivity contribution in [3.63, 3.8) is 0 Å². The van der Waals surface area contributed by atoms with Gasteiger partial charge in [0, 0.05) is 5.57 Å². The SMILES string of the molecule is O=C([O-])C1=CC(Cl)=C(Cl)[C@@H](O)[C@@H]1O. The molecule has 0 aliphatic heterocycles. The Labute approximate surface area is 83.7 Å². The predicted octanol–water partition coefficient (Wildman–Crippen LogP) is -0.913. The summed E-state index contributed by atoms with van der Waals surface area (Å²) in [5, 5.41) is 28.5. The maximum atomic E-state index is 10.4. The average Bonchev–Trinajstić information content (AvgIpc) is 2.07. The summed E-state index contributed by atoms with van der Waals surface area (Å²) in [5.74, 6) is -1.59. The summed E-state index contributed by atoms with van der Waals surface area (Å²) in [6.07, 6.45) is -2.15. The number of halogens is 2. The third-order valence-corrected chi connectivity index (χ3v) is 2.46. The van der Waals surface area contributed by atoms with E-state index in [9.17, 15) is 20.1 Å². The molecule has 13 heavy (non-hydrogen) atoms. The van der Waals surface area contributed by atoms with Crippen molar-refractivity contribution in [2.24, 2.45) is 0 Å². The molecule has 0 saturated carbocycles. The third kappa shape index (κ3) is 1.86. The molecule has 4 nitrogen and oxygen atoms in total. The lowest BCUT2D eigenvalue weighted by Gasteiger charge is -2.25. The highest BCUT2D eigenvalue weighted by molar-refractivity contribution is 6.41. The molecule has 0 amide bonds. The summed E-state index contributed by atoms with van der Waals surface area (Å²) in [7, 11) is 0. The van der Waals surface area contributed by atoms with Crippen molar-refractivity contribution in [3.05, 3.63) is 21.7 Å². The smallest absolute Gasteiger partial charge is 0.121 e. The minimum Gasteiger partial charge on any atom is -0.545 e. The number of carboxylic acids is 1. The van der Waals surface area contributed by atoms with Gasteiger partial charge in [0.1, 0.15) is 12.2 Å². The van der Waals surface area contributed by atoms with Gasteiger partial charge in [0.05, 0.1) is 16.0 Å². The van der Waals surface area contributed by atoms with Crippen molar-refractivity contribution in [3.8, 4) is 0 Å². The normalized spacial score (nSPS) is 28.8. The Morgan fingerprint density at radius 2 is 1.92 bits per heavy atom. The first-order chi connectivity index (χ1) is 5.95. The van der Waals surface area contributed by atoms with Gasteiger partial charge in [0.25, 0.3) is 0 Å². The van der Waals surface area contributed by atoms with Crippen LogP contribution in [0.15, 0.2) is 21.7 Å². The van der Waals surface area contributed by atoms with E-state index in [0.29, 0.717) is 0 Å². The van der Waals surface area contributed by atoms with Gasteiger partial charge in [0.15, 0.2) is 0 Å². The summed E-state index contributed by atoms with van der Waals surface area (Å²) in [5.41, 5.74) is -0.484. The average molecular weight is 224 g/mol. The summed E-state index contributed by atoms with van der Waals surface area (Å²) in [6, 6.07) is 0. The van der Waals surface area contributed by atoms with Gasteiger partial charge < -0.3 is 20.1 Å². The molecule has 0 radical (unpaired) electrons. The minimum atomic E-state index is -1.60. The van der Waals surface area contributed by atoms with Crippen molar-refractivity contribution >= 4 is 29.2 Å². The van der Waals surface area contributed by atoms with Crippen molar-refractivity contribution in [2.45, 2.75) is 12.2 Å². The Kier molecular flexibility index (Phi) is 2.98. The summed E-state index contributed by atoms with van der Waals surface area (Å²) in [4.78, 5) is 10.4. The second-order valence-electron chi connectivity index (χ2n) is 2.47. The van der Waals surface area contributed by atoms with E-state index in [4.69, 9.17) is 23.2 Å². The second kappa shape index (κ2) is 3.67. The monoisotopic (exact) mass is 223 g/mol. The molecule has 1 aliphatic carbocycles. The molecule has 0 bridgehead atoms. The number of aliphatic hydroxyl groups is 2. The Morgan fingerprint density at radius 3 is 2.38 bits per heavy atom. The molecule has 1 rings (SSSR count). The van der Waals surface area contributed by atoms with Gasteiger partial charge in [0.2, 0.25) is 0 Å². The topological polar surface area (TPSA) is 80.6 Å². The van der Waals surface area contributed by atoms with Crippen LogP contribution in [-0.2, 0) is 4.79 Å². The van der Waals surface area contributed by atoms with Gasteiger partial charge in [-0.2, -0.15) is 0 Å². The lowest BCUT2D eigenvalue weighted by molar-refractivity contribution is -0.300. The molecule has 2 atom stereocenters. The van der Waals surface area contributed by atoms with Gasteiger partial charge in [-0.15, -0.1) is 0 Å². The zero-order chi connectivity index (χ0) is 10.2. The zero-order valence-electron chi connectivity index (χ0n) is 6.20. The Hall–Kier alpha value is -0.550. The third-order valence-electron chi connectivity index (χ3n) is 1.62. The fraction of sp³-hybridized carbons (Fsp3) is 0.286. The molecule has 0 aromatic carbocycles. The molecule has 0 spiro atoms. The largest absolute Gasteiger partial charge is 0.545 e. The molecule has 2 N–H and O–H groups in total. The van der Waals surface area contributed by atoms with E-state index in [1.165, 1.54) is 0 Å². The quantitative estimate of drug-likeness (QED) is 0.604. The van der Waals surface area contributed by atoms with Crippen LogP contribution in [0.3, 0.4) is 0 Å². The van der Waals surface area contributed by atoms with E-state index in [1.54, 1.807) is 0 Å². The van der Waals surface area contributed by atoms with Crippen LogP contribution in [0.2, 0.25) is 0 Å². The Morgan fingerprint density at radius 1 is 1.38 bits per heavy atom. The van der Waals surface area contributed by atoms with Crippen LogP contribution in [0.1, 0.15) is 0 Å². The van der Waals surface area contributed by atoms with Gasteiger partial charge in [-0.05, 0) is 6.08 Å². The molecule has 0 aromatic rings. The van der Waals surface area contributed by atoms with E-state index in [0.717, 1.165) is 6.08 Å². The summed E-state index contributed by atoms with van der Waals surface area (Å²) < 4.78 is 0. The molecule has 0 aromatic heterocycles. The van der Waals surface area contributed by atoms with Crippen LogP contribution in [0.25, 0.3) is 0 Å². The number of carbonyl (C=O) groups excluding carboxylic acids is 1. The van der Waals surface area contributed by atoms with Gasteiger partial charge >= 0.3 is 0 Å². The number of hydrogen-bond acceptors (Lipinski definition) is 4. The summed E-state index contributed by atoms with van der Waals surface area (Å²) >= 11 is 10.9. The van der Waals surface area contributed by atoms with E-state index in [-0.39, 0.29) is 10.1 Å². The van der Waals surface area contributed by atoms with Crippen LogP contribution in [0.4, 0.5) is 0 Å². The molecule has 1 aliphatic rings. The van der Waals surface area contributed by atoms with Crippen LogP contribution in [0, 0.1) is 0 Å². The fourth-order valence-electron chi connectivity index (χ4n) is 0.920. The van der Waals surface area contributed by atoms with Crippen LogP contribution >= 0.6 is 23.2 Å². The van der Waals surface area contributed by atoms with Crippen molar-refractivity contribution in [1.82, 2.24) is 0 Å². The minimum absolute atomic E-state index is 0.112. The lowest BCUT2D eigenvalue weighted by atomic mass is 9.99. The van der Waals surface area contributed by atoms with E-state index >= 15 is 0 Å². The summed E-state index contributed by atoms with van der Waals surface area (Å²) in [6.45, 7) is 0. The lowest BCUT2D eigenvalue weighted by Crippen LogP contribution is -2.39. The van der Waals surface area contributed by atoms with Crippen LogP contribution in [-0.4, -0.2) is 28.4 Å². The van der Waals surface area contributed by atoms with Gasteiger partial charge in [-0.3, -0.25) is 0 Å². The van der Waals surface area contributed by atoms with E-state index in [2.05, 4.69) is 0 Å². The first kappa shape index (κ1) is 10.5. The molecule has 0 unspecified atom stereocenters. The number of allylic oxidation sites excluding steroid dienone is 2. The highest BCUT2D eigenvalue weighted by atomic mass is 35.5. The van der Waals surface area contributed by atoms with Crippen molar-refractivity contribution in [2.75, 3.05) is 0 Å². The molecule has 72 valence electrons. The zero-order valence-corrected chi connectivity index (χ0v) is 7.71. The van der Waals surface area contributed by atoms with Gasteiger partial charge in [-0.1, -0.05) is 23.2 Å². The number of carbonyl (C=O) groups is 1. The first-order valence-electron chi connectivity index (χ1n) is 3.29. The molecular weight excluding hydrogens is 219 g/mol. The maximum absolute atomic E-state index is 10.4. The molecule has 0 heterocycles. The number of aliphatic hydroxyl groups excluding tert-OH is 2. The number of rotatable bonds is 1. The predicted molar refractivity (Wildman–Crippen MR) is 43.8 cm³/mol. The number of hydrogen-bond donors (Lipinski definition) is 2. The number of carboxylic acid groups (broad SMARTS) is 1. The van der Waals surface area contributed by atoms with Gasteiger partial charge in [-0.25, -0.2) is 0 Å². The Bertz CT molecular complexity index is 308. The highest BCUT2D eigenvalue weighted by Gasteiger charge is 2.29. The molecule has 0 fully saturated rings. The van der Waals surface area contributed by atoms with Crippen molar-refractivity contribution in [1.29, 1.82) is 0 Å². The molecule has 0 saturated heterocycles. The number of aliphatic carboxylic acids is 1. The molecular formula is C7H5Cl2O4-. The standard InChI is InChI=1S/C7H6Cl2O4/c8-3-1-2(7(12)13)5(10)6(11)4(3)9/h1,5-6,10-11H,(H,12,13)/p-1/t5-,6-/m1/s1. The van der Waals surface area contributed by atoms with Crippen LogP contribution < -0.4 is 5.11 Å². The Balaban J connectivity index is 3.12. The second-order valence-corrected chi connectivity index (χ2v) is 3.29. The van der Waals surface area contributed by atoms with E-state index in [1.807, 2.05) is 0 Å².